The predicted molar refractivity (Wildman–Crippen MR) is 146 cm³/mol. The molecule has 0 saturated carbocycles. The van der Waals surface area contributed by atoms with Crippen molar-refractivity contribution in [2.24, 2.45) is 0 Å². The number of nitrogens with one attached hydrogen (secondary N) is 2. The highest BCUT2D eigenvalue weighted by molar-refractivity contribution is 5.59. The molecule has 6 rings (SSSR count). The van der Waals surface area contributed by atoms with Gasteiger partial charge in [0.05, 0.1) is 18.9 Å². The Labute approximate surface area is 221 Å². The molecule has 4 aromatic rings. The van der Waals surface area contributed by atoms with Crippen molar-refractivity contribution < 1.29 is 14.2 Å². The van der Waals surface area contributed by atoms with Crippen molar-refractivity contribution in [1.82, 2.24) is 9.97 Å². The van der Waals surface area contributed by atoms with E-state index in [0.29, 0.717) is 38.5 Å². The maximum absolute atomic E-state index is 12.4. The van der Waals surface area contributed by atoms with E-state index in [4.69, 9.17) is 14.2 Å². The molecule has 1 unspecified atom stereocenters. The molecule has 38 heavy (non-hydrogen) atoms. The van der Waals surface area contributed by atoms with Crippen LogP contribution in [0.5, 0.6) is 11.5 Å². The Kier molecular flexibility index (Phi) is 6.81. The van der Waals surface area contributed by atoms with Crippen LogP contribution in [0.15, 0.2) is 77.9 Å². The zero-order chi connectivity index (χ0) is 25.9. The average molecular weight is 511 g/mol. The van der Waals surface area contributed by atoms with Gasteiger partial charge in [-0.25, -0.2) is 0 Å². The molecule has 2 N–H and O–H groups in total. The maximum Gasteiger partial charge on any atom is 0.271 e. The summed E-state index contributed by atoms with van der Waals surface area (Å²) in [4.78, 5) is 21.5. The van der Waals surface area contributed by atoms with Crippen molar-refractivity contribution >= 4 is 11.4 Å². The van der Waals surface area contributed by atoms with Crippen LogP contribution < -0.4 is 20.5 Å². The standard InChI is InChI=1S/C30H30N4O4/c1-36-19-24-14-20(9-11-31-24)17-33-23-7-8-27-22(16-23)15-21-4-2-5-25(29(21)38-27)28-18-34(12-13-37-28)26-6-3-10-32-30(26)35/h2-11,14,16,28,33H,12-13,15,17-19H2,1H3,(H,32,35). The van der Waals surface area contributed by atoms with Crippen LogP contribution in [0.4, 0.5) is 11.4 Å². The number of ether oxygens (including phenoxy) is 3. The number of hydrogen-bond donors (Lipinski definition) is 2. The number of fused-ring (bicyclic) bond motifs is 2. The first kappa shape index (κ1) is 24.2. The van der Waals surface area contributed by atoms with Gasteiger partial charge in [-0.2, -0.15) is 0 Å². The molecule has 2 aliphatic rings. The molecule has 0 spiro atoms. The van der Waals surface area contributed by atoms with Crippen molar-refractivity contribution in [3.63, 3.8) is 0 Å². The van der Waals surface area contributed by atoms with Gasteiger partial charge in [0.1, 0.15) is 23.3 Å². The Bertz CT molecular complexity index is 1500. The zero-order valence-electron chi connectivity index (χ0n) is 21.3. The number of H-pyrrole nitrogens is 1. The molecule has 2 aliphatic heterocycles. The minimum absolute atomic E-state index is 0.0859. The van der Waals surface area contributed by atoms with Crippen molar-refractivity contribution in [3.8, 4) is 11.5 Å². The van der Waals surface area contributed by atoms with Gasteiger partial charge in [0.2, 0.25) is 0 Å². The van der Waals surface area contributed by atoms with E-state index in [2.05, 4.69) is 50.5 Å². The van der Waals surface area contributed by atoms with E-state index in [9.17, 15) is 4.79 Å². The molecule has 194 valence electrons. The van der Waals surface area contributed by atoms with Gasteiger partial charge in [0.15, 0.2) is 0 Å². The second-order valence-electron chi connectivity index (χ2n) is 9.57. The first-order valence-electron chi connectivity index (χ1n) is 12.8. The number of para-hydroxylation sites is 1. The third-order valence-electron chi connectivity index (χ3n) is 7.00. The minimum Gasteiger partial charge on any atom is -0.456 e. The largest absolute Gasteiger partial charge is 0.456 e. The average Bonchev–Trinajstić information content (AvgIpc) is 2.95. The summed E-state index contributed by atoms with van der Waals surface area (Å²) in [5, 5.41) is 3.51. The Hall–Kier alpha value is -4.14. The number of nitrogens with zero attached hydrogens (tertiary/aromatic N) is 2. The normalized spacial score (nSPS) is 16.3. The molecule has 0 bridgehead atoms. The number of benzene rings is 2. The number of pyridine rings is 2. The summed E-state index contributed by atoms with van der Waals surface area (Å²) in [7, 11) is 1.67. The highest BCUT2D eigenvalue weighted by atomic mass is 16.5. The Balaban J connectivity index is 1.18. The van der Waals surface area contributed by atoms with Crippen LogP contribution in [0.25, 0.3) is 0 Å². The number of hydrogen-bond acceptors (Lipinski definition) is 7. The summed E-state index contributed by atoms with van der Waals surface area (Å²) in [6, 6.07) is 20.2. The lowest BCUT2D eigenvalue weighted by atomic mass is 9.95. The van der Waals surface area contributed by atoms with Gasteiger partial charge >= 0.3 is 0 Å². The van der Waals surface area contributed by atoms with E-state index in [1.165, 1.54) is 0 Å². The lowest BCUT2D eigenvalue weighted by Crippen LogP contribution is -2.41. The molecule has 0 aliphatic carbocycles. The third-order valence-corrected chi connectivity index (χ3v) is 7.00. The van der Waals surface area contributed by atoms with Crippen LogP contribution in [-0.4, -0.2) is 36.8 Å². The van der Waals surface area contributed by atoms with Crippen LogP contribution in [0.3, 0.4) is 0 Å². The van der Waals surface area contributed by atoms with Gasteiger partial charge in [-0.05, 0) is 53.6 Å². The number of morpholine rings is 1. The molecule has 0 amide bonds. The first-order chi connectivity index (χ1) is 18.7. The van der Waals surface area contributed by atoms with Crippen LogP contribution >= 0.6 is 0 Å². The zero-order valence-corrected chi connectivity index (χ0v) is 21.3. The second kappa shape index (κ2) is 10.7. The summed E-state index contributed by atoms with van der Waals surface area (Å²) in [5.41, 5.74) is 6.96. The molecule has 8 nitrogen and oxygen atoms in total. The minimum atomic E-state index is -0.191. The lowest BCUT2D eigenvalue weighted by molar-refractivity contribution is 0.0383. The summed E-state index contributed by atoms with van der Waals surface area (Å²) in [6.45, 7) is 2.99. The molecule has 1 fully saturated rings. The Morgan fingerprint density at radius 3 is 2.97 bits per heavy atom. The number of methoxy groups -OCH3 is 1. The van der Waals surface area contributed by atoms with Crippen LogP contribution in [-0.2, 0) is 29.0 Å². The fourth-order valence-corrected chi connectivity index (χ4v) is 5.15. The Morgan fingerprint density at radius 2 is 2.08 bits per heavy atom. The summed E-state index contributed by atoms with van der Waals surface area (Å²) < 4.78 is 17.8. The van der Waals surface area contributed by atoms with Gasteiger partial charge in [-0.15, -0.1) is 0 Å². The van der Waals surface area contributed by atoms with Gasteiger partial charge < -0.3 is 29.4 Å². The van der Waals surface area contributed by atoms with Crippen molar-refractivity contribution in [2.45, 2.75) is 25.7 Å². The van der Waals surface area contributed by atoms with Gasteiger partial charge in [-0.1, -0.05) is 18.2 Å². The van der Waals surface area contributed by atoms with E-state index >= 15 is 0 Å². The second-order valence-corrected chi connectivity index (χ2v) is 9.57. The topological polar surface area (TPSA) is 88.7 Å². The summed E-state index contributed by atoms with van der Waals surface area (Å²) in [6.07, 6.45) is 4.05. The number of anilines is 2. The van der Waals surface area contributed by atoms with Crippen LogP contribution in [0.1, 0.15) is 34.1 Å². The predicted octanol–water partition coefficient (Wildman–Crippen LogP) is 4.80. The molecule has 4 heterocycles. The fraction of sp³-hybridized carbons (Fsp3) is 0.267. The van der Waals surface area contributed by atoms with Crippen molar-refractivity contribution in [1.29, 1.82) is 0 Å². The van der Waals surface area contributed by atoms with Crippen molar-refractivity contribution in [3.05, 3.63) is 111 Å². The third kappa shape index (κ3) is 5.01. The maximum atomic E-state index is 12.4. The number of aromatic nitrogens is 2. The molecule has 8 heteroatoms. The van der Waals surface area contributed by atoms with E-state index in [1.54, 1.807) is 13.3 Å². The molecule has 0 radical (unpaired) electrons. The molecule has 1 atom stereocenters. The molecular formula is C30H30N4O4. The van der Waals surface area contributed by atoms with Gasteiger partial charge in [0.25, 0.3) is 5.56 Å². The highest BCUT2D eigenvalue weighted by Gasteiger charge is 2.29. The quantitative estimate of drug-likeness (QED) is 0.325. The molecule has 1 saturated heterocycles. The Morgan fingerprint density at radius 1 is 1.13 bits per heavy atom. The summed E-state index contributed by atoms with van der Waals surface area (Å²) >= 11 is 0. The number of rotatable bonds is 7. The van der Waals surface area contributed by atoms with E-state index in [1.807, 2.05) is 36.5 Å². The van der Waals surface area contributed by atoms with Crippen LogP contribution in [0, 0.1) is 0 Å². The van der Waals surface area contributed by atoms with Gasteiger partial charge in [-0.3, -0.25) is 9.78 Å². The fourth-order valence-electron chi connectivity index (χ4n) is 5.15. The van der Waals surface area contributed by atoms with E-state index in [-0.39, 0.29) is 11.7 Å². The monoisotopic (exact) mass is 510 g/mol. The van der Waals surface area contributed by atoms with E-state index < -0.39 is 0 Å². The SMILES string of the molecule is COCc1cc(CNc2ccc3c(c2)Cc2cccc(C4CN(c5ccc[nH]c5=O)CCO4)c2O3)ccn1. The van der Waals surface area contributed by atoms with Gasteiger partial charge in [0, 0.05) is 62.4 Å². The van der Waals surface area contributed by atoms with E-state index in [0.717, 1.165) is 51.6 Å². The smallest absolute Gasteiger partial charge is 0.271 e. The lowest BCUT2D eigenvalue weighted by Gasteiger charge is -2.35. The molecular weight excluding hydrogens is 480 g/mol. The molecule has 2 aromatic carbocycles. The van der Waals surface area contributed by atoms with Crippen LogP contribution in [0.2, 0.25) is 0 Å². The summed E-state index contributed by atoms with van der Waals surface area (Å²) in [5.74, 6) is 1.71. The molecule has 2 aromatic heterocycles. The van der Waals surface area contributed by atoms with Crippen molar-refractivity contribution in [2.75, 3.05) is 37.0 Å². The first-order valence-corrected chi connectivity index (χ1v) is 12.8. The number of aromatic amines is 1. The highest BCUT2D eigenvalue weighted by Crippen LogP contribution is 2.43.